The van der Waals surface area contributed by atoms with Gasteiger partial charge in [-0.2, -0.15) is 0 Å². The molecule has 3 nitrogen and oxygen atoms in total. The molecule has 0 spiro atoms. The van der Waals surface area contributed by atoms with Gasteiger partial charge in [0.25, 0.3) is 0 Å². The van der Waals surface area contributed by atoms with E-state index in [1.165, 1.54) is 22.3 Å². The molecule has 0 aliphatic rings. The molecule has 0 heterocycles. The second-order valence-corrected chi connectivity index (χ2v) is 4.74. The lowest BCUT2D eigenvalue weighted by molar-refractivity contribution is -0.120. The van der Waals surface area contributed by atoms with Crippen LogP contribution < -0.4 is 10.6 Å². The van der Waals surface area contributed by atoms with Crippen LogP contribution in [0.5, 0.6) is 0 Å². The molecule has 1 amide bonds. The van der Waals surface area contributed by atoms with Crippen LogP contribution in [0.2, 0.25) is 0 Å². The van der Waals surface area contributed by atoms with Gasteiger partial charge >= 0.3 is 0 Å². The first-order chi connectivity index (χ1) is 8.54. The normalized spacial score (nSPS) is 10.4. The van der Waals surface area contributed by atoms with Gasteiger partial charge in [-0.05, 0) is 49.9 Å². The van der Waals surface area contributed by atoms with Crippen LogP contribution in [0.1, 0.15) is 35.6 Å². The number of rotatable bonds is 6. The first kappa shape index (κ1) is 14.7. The van der Waals surface area contributed by atoms with Gasteiger partial charge in [0.2, 0.25) is 5.91 Å². The summed E-state index contributed by atoms with van der Waals surface area (Å²) in [7, 11) is 0. The van der Waals surface area contributed by atoms with Gasteiger partial charge in [0.15, 0.2) is 0 Å². The van der Waals surface area contributed by atoms with E-state index < -0.39 is 0 Å². The van der Waals surface area contributed by atoms with Crippen molar-refractivity contribution >= 4 is 5.91 Å². The largest absolute Gasteiger partial charge is 0.356 e. The lowest BCUT2D eigenvalue weighted by atomic mass is 10.0. The Morgan fingerprint density at radius 1 is 1.11 bits per heavy atom. The second-order valence-electron chi connectivity index (χ2n) is 4.74. The van der Waals surface area contributed by atoms with E-state index in [9.17, 15) is 4.79 Å². The maximum atomic E-state index is 11.3. The van der Waals surface area contributed by atoms with Crippen molar-refractivity contribution in [1.29, 1.82) is 0 Å². The summed E-state index contributed by atoms with van der Waals surface area (Å²) in [5.41, 5.74) is 5.28. The summed E-state index contributed by atoms with van der Waals surface area (Å²) in [5.74, 6) is 0.113. The van der Waals surface area contributed by atoms with Gasteiger partial charge < -0.3 is 10.6 Å². The molecule has 2 N–H and O–H groups in total. The third-order valence-corrected chi connectivity index (χ3v) is 3.17. The van der Waals surface area contributed by atoms with Crippen LogP contribution >= 0.6 is 0 Å². The number of nitrogens with one attached hydrogen (secondary N) is 2. The first-order valence-corrected chi connectivity index (χ1v) is 6.58. The van der Waals surface area contributed by atoms with Gasteiger partial charge in [0.05, 0.1) is 0 Å². The van der Waals surface area contributed by atoms with Gasteiger partial charge in [-0.1, -0.05) is 12.1 Å². The van der Waals surface area contributed by atoms with Crippen molar-refractivity contribution in [3.05, 3.63) is 34.4 Å². The van der Waals surface area contributed by atoms with Crippen molar-refractivity contribution in [3.63, 3.8) is 0 Å². The fraction of sp³-hybridized carbons (Fsp3) is 0.533. The molecule has 0 atom stereocenters. The molecule has 3 heteroatoms. The maximum absolute atomic E-state index is 11.3. The number of carbonyl (C=O) groups excluding carboxylic acids is 1. The van der Waals surface area contributed by atoms with Gasteiger partial charge in [-0.15, -0.1) is 0 Å². The molecule has 0 radical (unpaired) electrons. The summed E-state index contributed by atoms with van der Waals surface area (Å²) < 4.78 is 0. The van der Waals surface area contributed by atoms with Gasteiger partial charge in [0.1, 0.15) is 0 Å². The van der Waals surface area contributed by atoms with Crippen molar-refractivity contribution < 1.29 is 4.79 Å². The van der Waals surface area contributed by atoms with E-state index in [2.05, 4.69) is 43.5 Å². The van der Waals surface area contributed by atoms with E-state index >= 15 is 0 Å². The fourth-order valence-corrected chi connectivity index (χ4v) is 1.92. The van der Waals surface area contributed by atoms with Crippen molar-refractivity contribution in [2.24, 2.45) is 0 Å². The van der Waals surface area contributed by atoms with Gasteiger partial charge in [-0.3, -0.25) is 4.79 Å². The molecule has 0 saturated carbocycles. The van der Waals surface area contributed by atoms with E-state index in [1.54, 1.807) is 0 Å². The molecule has 0 unspecified atom stereocenters. The molecule has 0 saturated heterocycles. The van der Waals surface area contributed by atoms with Crippen molar-refractivity contribution in [2.45, 2.75) is 40.7 Å². The van der Waals surface area contributed by atoms with Crippen LogP contribution in [-0.4, -0.2) is 19.0 Å². The summed E-state index contributed by atoms with van der Waals surface area (Å²) in [6, 6.07) is 4.44. The highest BCUT2D eigenvalue weighted by Crippen LogP contribution is 2.14. The molecule has 0 fully saturated rings. The zero-order valence-electron chi connectivity index (χ0n) is 11.9. The zero-order valence-corrected chi connectivity index (χ0v) is 11.9. The average Bonchev–Trinajstić information content (AvgIpc) is 2.31. The molecule has 100 valence electrons. The molecule has 1 rings (SSSR count). The molecule has 0 aliphatic carbocycles. The Hall–Kier alpha value is -1.35. The highest BCUT2D eigenvalue weighted by Gasteiger charge is 2.02. The third kappa shape index (κ3) is 4.49. The summed E-state index contributed by atoms with van der Waals surface area (Å²) >= 11 is 0. The molecular formula is C15H24N2O. The molecule has 0 bridgehead atoms. The van der Waals surface area contributed by atoms with E-state index in [4.69, 9.17) is 0 Å². The standard InChI is InChI=1S/C15H24N2O/c1-5-17-15(18)6-7-16-10-14-9-12(3)11(2)8-13(14)4/h8-9,16H,5-7,10H2,1-4H3,(H,17,18). The monoisotopic (exact) mass is 248 g/mol. The van der Waals surface area contributed by atoms with Crippen LogP contribution in [0.15, 0.2) is 12.1 Å². The Kier molecular flexibility index (Phi) is 5.86. The van der Waals surface area contributed by atoms with E-state index in [0.29, 0.717) is 13.0 Å². The molecule has 1 aromatic rings. The average molecular weight is 248 g/mol. The number of amides is 1. The Labute approximate surface area is 110 Å². The lowest BCUT2D eigenvalue weighted by Crippen LogP contribution is -2.27. The minimum absolute atomic E-state index is 0.113. The number of hydrogen-bond donors (Lipinski definition) is 2. The van der Waals surface area contributed by atoms with Crippen molar-refractivity contribution in [2.75, 3.05) is 13.1 Å². The Balaban J connectivity index is 2.40. The van der Waals surface area contributed by atoms with E-state index in [-0.39, 0.29) is 5.91 Å². The zero-order chi connectivity index (χ0) is 13.5. The molecule has 18 heavy (non-hydrogen) atoms. The van der Waals surface area contributed by atoms with Crippen molar-refractivity contribution in [3.8, 4) is 0 Å². The molecule has 0 aliphatic heterocycles. The van der Waals surface area contributed by atoms with Crippen molar-refractivity contribution in [1.82, 2.24) is 10.6 Å². The predicted octanol–water partition coefficient (Wildman–Crippen LogP) is 2.23. The van der Waals surface area contributed by atoms with Gasteiger partial charge in [0, 0.05) is 26.1 Å². The van der Waals surface area contributed by atoms with Crippen LogP contribution in [-0.2, 0) is 11.3 Å². The first-order valence-electron chi connectivity index (χ1n) is 6.58. The predicted molar refractivity (Wildman–Crippen MR) is 75.7 cm³/mol. The topological polar surface area (TPSA) is 41.1 Å². The molecular weight excluding hydrogens is 224 g/mol. The minimum atomic E-state index is 0.113. The summed E-state index contributed by atoms with van der Waals surface area (Å²) in [5, 5.41) is 6.11. The molecule has 0 aromatic heterocycles. The number of carbonyl (C=O) groups is 1. The van der Waals surface area contributed by atoms with Crippen LogP contribution in [0, 0.1) is 20.8 Å². The fourth-order valence-electron chi connectivity index (χ4n) is 1.92. The number of aryl methyl sites for hydroxylation is 3. The second kappa shape index (κ2) is 7.17. The highest BCUT2D eigenvalue weighted by atomic mass is 16.1. The number of benzene rings is 1. The summed E-state index contributed by atoms with van der Waals surface area (Å²) in [4.78, 5) is 11.3. The summed E-state index contributed by atoms with van der Waals surface area (Å²) in [6.07, 6.45) is 0.539. The lowest BCUT2D eigenvalue weighted by Gasteiger charge is -2.11. The Morgan fingerprint density at radius 3 is 2.44 bits per heavy atom. The van der Waals surface area contributed by atoms with E-state index in [1.807, 2.05) is 6.92 Å². The molecule has 1 aromatic carbocycles. The third-order valence-electron chi connectivity index (χ3n) is 3.17. The summed E-state index contributed by atoms with van der Waals surface area (Å²) in [6.45, 7) is 10.6. The minimum Gasteiger partial charge on any atom is -0.356 e. The van der Waals surface area contributed by atoms with Crippen LogP contribution in [0.25, 0.3) is 0 Å². The highest BCUT2D eigenvalue weighted by molar-refractivity contribution is 5.75. The van der Waals surface area contributed by atoms with Crippen LogP contribution in [0.4, 0.5) is 0 Å². The smallest absolute Gasteiger partial charge is 0.221 e. The maximum Gasteiger partial charge on any atom is 0.221 e. The Morgan fingerprint density at radius 2 is 1.78 bits per heavy atom. The van der Waals surface area contributed by atoms with Crippen LogP contribution in [0.3, 0.4) is 0 Å². The van der Waals surface area contributed by atoms with E-state index in [0.717, 1.165) is 13.1 Å². The van der Waals surface area contributed by atoms with Gasteiger partial charge in [-0.25, -0.2) is 0 Å². The number of hydrogen-bond acceptors (Lipinski definition) is 2. The Bertz CT molecular complexity index is 413. The SMILES string of the molecule is CCNC(=O)CCNCc1cc(C)c(C)cc1C. The quantitative estimate of drug-likeness (QED) is 0.758.